The number of nitrogens with zero attached hydrogens (tertiary/aromatic N) is 1. The molecule has 32 heavy (non-hydrogen) atoms. The zero-order valence-electron chi connectivity index (χ0n) is 19.0. The number of ether oxygens (including phenoxy) is 3. The molecular weight excluding hydrogens is 404 g/mol. The molecule has 170 valence electrons. The molecule has 5 rings (SSSR count). The fourth-order valence-electron chi connectivity index (χ4n) is 5.57. The van der Waals surface area contributed by atoms with Crippen molar-refractivity contribution in [1.82, 2.24) is 10.2 Å². The zero-order chi connectivity index (χ0) is 22.1. The van der Waals surface area contributed by atoms with Gasteiger partial charge in [-0.1, -0.05) is 25.0 Å². The van der Waals surface area contributed by atoms with Gasteiger partial charge in [0.05, 0.1) is 13.7 Å². The van der Waals surface area contributed by atoms with Gasteiger partial charge in [0.1, 0.15) is 19.0 Å². The summed E-state index contributed by atoms with van der Waals surface area (Å²) in [6.07, 6.45) is 4.80. The van der Waals surface area contributed by atoms with Gasteiger partial charge in [0.2, 0.25) is 5.91 Å². The van der Waals surface area contributed by atoms with Crippen LogP contribution in [0.3, 0.4) is 0 Å². The molecule has 1 saturated carbocycles. The highest BCUT2D eigenvalue weighted by molar-refractivity contribution is 5.78. The van der Waals surface area contributed by atoms with E-state index in [-0.39, 0.29) is 17.4 Å². The molecule has 1 amide bonds. The van der Waals surface area contributed by atoms with Crippen molar-refractivity contribution >= 4 is 5.91 Å². The molecule has 2 heterocycles. The molecule has 1 N–H and O–H groups in total. The van der Waals surface area contributed by atoms with E-state index in [1.54, 1.807) is 7.11 Å². The lowest BCUT2D eigenvalue weighted by Gasteiger charge is -2.46. The average molecular weight is 437 g/mol. The zero-order valence-corrected chi connectivity index (χ0v) is 19.0. The minimum Gasteiger partial charge on any atom is -0.497 e. The Balaban J connectivity index is 1.33. The monoisotopic (exact) mass is 436 g/mol. The molecule has 1 atom stereocenters. The molecule has 0 radical (unpaired) electrons. The van der Waals surface area contributed by atoms with Crippen molar-refractivity contribution in [2.75, 3.05) is 33.4 Å². The lowest BCUT2D eigenvalue weighted by molar-refractivity contribution is -0.123. The van der Waals surface area contributed by atoms with E-state index in [9.17, 15) is 4.79 Å². The highest BCUT2D eigenvalue weighted by Gasteiger charge is 2.45. The van der Waals surface area contributed by atoms with Crippen LogP contribution in [0.4, 0.5) is 0 Å². The third-order valence-electron chi connectivity index (χ3n) is 7.35. The molecule has 2 aliphatic heterocycles. The maximum absolute atomic E-state index is 12.9. The minimum atomic E-state index is 0.0572. The first-order chi connectivity index (χ1) is 15.6. The molecule has 2 aromatic rings. The summed E-state index contributed by atoms with van der Waals surface area (Å²) in [5.74, 6) is 2.58. The van der Waals surface area contributed by atoms with Crippen LogP contribution < -0.4 is 19.5 Å². The lowest BCUT2D eigenvalue weighted by Crippen LogP contribution is -2.49. The number of methoxy groups -OCH3 is 1. The Morgan fingerprint density at radius 3 is 2.50 bits per heavy atom. The van der Waals surface area contributed by atoms with Gasteiger partial charge in [-0.25, -0.2) is 0 Å². The molecule has 1 aliphatic carbocycles. The summed E-state index contributed by atoms with van der Waals surface area (Å²) in [5, 5.41) is 3.09. The van der Waals surface area contributed by atoms with E-state index in [4.69, 9.17) is 14.2 Å². The number of hydrogen-bond acceptors (Lipinski definition) is 5. The quantitative estimate of drug-likeness (QED) is 0.769. The molecule has 1 unspecified atom stereocenters. The molecule has 0 aromatic heterocycles. The number of amides is 1. The van der Waals surface area contributed by atoms with Gasteiger partial charge in [0.25, 0.3) is 0 Å². The first kappa shape index (κ1) is 21.1. The van der Waals surface area contributed by atoms with E-state index in [1.807, 2.05) is 24.3 Å². The van der Waals surface area contributed by atoms with Crippen LogP contribution in [0, 0.1) is 0 Å². The van der Waals surface area contributed by atoms with Gasteiger partial charge >= 0.3 is 0 Å². The van der Waals surface area contributed by atoms with Gasteiger partial charge in [0, 0.05) is 24.5 Å². The summed E-state index contributed by atoms with van der Waals surface area (Å²) in [6, 6.07) is 12.3. The topological polar surface area (TPSA) is 60.0 Å². The van der Waals surface area contributed by atoms with Crippen LogP contribution in [0.15, 0.2) is 36.4 Å². The molecule has 1 spiro atoms. The summed E-state index contributed by atoms with van der Waals surface area (Å²) >= 11 is 0. The van der Waals surface area contributed by atoms with Crippen molar-refractivity contribution in [3.63, 3.8) is 0 Å². The number of nitrogens with one attached hydrogen (secondary N) is 1. The standard InChI is InChI=1S/C26H32N2O4/c1-18-21-13-23-24(32-12-11-31-23)14-22(21)26(9-3-4-10-26)17-28(18)16-25(29)27-15-19-5-7-20(30-2)8-6-19/h5-8,13-14,18H,3-4,9-12,15-17H2,1-2H3,(H,27,29). The second-order valence-electron chi connectivity index (χ2n) is 9.28. The second kappa shape index (κ2) is 8.66. The number of carbonyl (C=O) groups is 1. The van der Waals surface area contributed by atoms with Crippen LogP contribution in [0.25, 0.3) is 0 Å². The first-order valence-electron chi connectivity index (χ1n) is 11.7. The van der Waals surface area contributed by atoms with E-state index >= 15 is 0 Å². The van der Waals surface area contributed by atoms with Gasteiger partial charge in [-0.2, -0.15) is 0 Å². The summed E-state index contributed by atoms with van der Waals surface area (Å²) < 4.78 is 17.0. The van der Waals surface area contributed by atoms with Gasteiger partial charge in [-0.3, -0.25) is 9.69 Å². The molecule has 0 bridgehead atoms. The summed E-state index contributed by atoms with van der Waals surface area (Å²) in [6.45, 7) is 5.22. The van der Waals surface area contributed by atoms with Crippen molar-refractivity contribution in [3.05, 3.63) is 53.1 Å². The summed E-state index contributed by atoms with van der Waals surface area (Å²) in [4.78, 5) is 15.2. The van der Waals surface area contributed by atoms with E-state index in [1.165, 1.54) is 24.0 Å². The van der Waals surface area contributed by atoms with Gasteiger partial charge < -0.3 is 19.5 Å². The minimum absolute atomic E-state index is 0.0572. The molecule has 6 heteroatoms. The SMILES string of the molecule is COc1ccc(CNC(=O)CN2CC3(CCCC3)c3cc4c(cc3C2C)OCCO4)cc1. The Labute approximate surface area is 189 Å². The van der Waals surface area contributed by atoms with Crippen molar-refractivity contribution in [2.45, 2.75) is 50.6 Å². The largest absolute Gasteiger partial charge is 0.497 e. The predicted molar refractivity (Wildman–Crippen MR) is 122 cm³/mol. The Kier molecular flexibility index (Phi) is 5.72. The number of fused-ring (bicyclic) bond motifs is 3. The van der Waals surface area contributed by atoms with Crippen molar-refractivity contribution in [3.8, 4) is 17.2 Å². The predicted octanol–water partition coefficient (Wildman–Crippen LogP) is 3.97. The number of benzene rings is 2. The fourth-order valence-corrected chi connectivity index (χ4v) is 5.57. The summed E-state index contributed by atoms with van der Waals surface area (Å²) in [7, 11) is 1.65. The third-order valence-corrected chi connectivity index (χ3v) is 7.35. The third kappa shape index (κ3) is 3.92. The van der Waals surface area contributed by atoms with Gasteiger partial charge in [0.15, 0.2) is 11.5 Å². The Morgan fingerprint density at radius 2 is 1.81 bits per heavy atom. The molecular formula is C26H32N2O4. The highest BCUT2D eigenvalue weighted by atomic mass is 16.6. The van der Waals surface area contributed by atoms with Crippen LogP contribution in [0.2, 0.25) is 0 Å². The number of hydrogen-bond donors (Lipinski definition) is 1. The first-order valence-corrected chi connectivity index (χ1v) is 11.7. The lowest BCUT2D eigenvalue weighted by atomic mass is 9.71. The van der Waals surface area contributed by atoms with Crippen LogP contribution in [0.1, 0.15) is 55.3 Å². The fraction of sp³-hybridized carbons (Fsp3) is 0.500. The van der Waals surface area contributed by atoms with Gasteiger partial charge in [-0.15, -0.1) is 0 Å². The van der Waals surface area contributed by atoms with Crippen molar-refractivity contribution in [2.24, 2.45) is 0 Å². The molecule has 3 aliphatic rings. The van der Waals surface area contributed by atoms with E-state index in [2.05, 4.69) is 29.3 Å². The summed E-state index contributed by atoms with van der Waals surface area (Å²) in [5.41, 5.74) is 3.85. The Bertz CT molecular complexity index is 982. The normalized spacial score (nSPS) is 21.2. The maximum Gasteiger partial charge on any atom is 0.234 e. The maximum atomic E-state index is 12.9. The van der Waals surface area contributed by atoms with Gasteiger partial charge in [-0.05, 0) is 60.7 Å². The molecule has 6 nitrogen and oxygen atoms in total. The average Bonchev–Trinajstić information content (AvgIpc) is 3.29. The molecule has 0 saturated heterocycles. The van der Waals surface area contributed by atoms with Crippen LogP contribution in [-0.4, -0.2) is 44.2 Å². The Morgan fingerprint density at radius 1 is 1.12 bits per heavy atom. The molecule has 2 aromatic carbocycles. The van der Waals surface area contributed by atoms with Crippen LogP contribution >= 0.6 is 0 Å². The van der Waals surface area contributed by atoms with E-state index in [0.717, 1.165) is 42.2 Å². The van der Waals surface area contributed by atoms with Crippen molar-refractivity contribution in [1.29, 1.82) is 0 Å². The van der Waals surface area contributed by atoms with Crippen LogP contribution in [0.5, 0.6) is 17.2 Å². The van der Waals surface area contributed by atoms with E-state index in [0.29, 0.717) is 26.3 Å². The smallest absolute Gasteiger partial charge is 0.234 e. The highest BCUT2D eigenvalue weighted by Crippen LogP contribution is 2.51. The number of carbonyl (C=O) groups excluding carboxylic acids is 1. The molecule has 1 fully saturated rings. The van der Waals surface area contributed by atoms with Crippen molar-refractivity contribution < 1.29 is 19.0 Å². The number of rotatable bonds is 5. The van der Waals surface area contributed by atoms with Crippen LogP contribution in [-0.2, 0) is 16.8 Å². The Hall–Kier alpha value is -2.73. The second-order valence-corrected chi connectivity index (χ2v) is 9.28. The van der Waals surface area contributed by atoms with E-state index < -0.39 is 0 Å².